The van der Waals surface area contributed by atoms with Crippen LogP contribution in [0.5, 0.6) is 0 Å². The van der Waals surface area contributed by atoms with Gasteiger partial charge in [0.25, 0.3) is 0 Å². The number of benzene rings is 1. The van der Waals surface area contributed by atoms with Gasteiger partial charge in [0.2, 0.25) is 0 Å². The van der Waals surface area contributed by atoms with Crippen LogP contribution in [0.15, 0.2) is 43.0 Å². The van der Waals surface area contributed by atoms with Gasteiger partial charge in [-0.05, 0) is 25.3 Å². The Kier molecular flexibility index (Phi) is 6.44. The molecule has 20 heavy (non-hydrogen) atoms. The highest BCUT2D eigenvalue weighted by Crippen LogP contribution is 2.43. The van der Waals surface area contributed by atoms with Crippen LogP contribution in [0.1, 0.15) is 52.0 Å². The monoisotopic (exact) mass is 276 g/mol. The van der Waals surface area contributed by atoms with Crippen LogP contribution >= 0.6 is 0 Å². The number of ether oxygens (including phenoxy) is 1. The van der Waals surface area contributed by atoms with E-state index < -0.39 is 11.2 Å². The van der Waals surface area contributed by atoms with Crippen LogP contribution in [0.3, 0.4) is 0 Å². The van der Waals surface area contributed by atoms with Crippen LogP contribution in [0.4, 0.5) is 0 Å². The molecule has 0 aromatic heterocycles. The lowest BCUT2D eigenvalue weighted by molar-refractivity contribution is -0.167. The molecule has 2 nitrogen and oxygen atoms in total. The SMILES string of the molecule is C=C[C@](CCCC)(OCC)[C@@](O)(CC)c1ccccc1. The maximum atomic E-state index is 11.4. The van der Waals surface area contributed by atoms with Crippen molar-refractivity contribution in [3.05, 3.63) is 48.6 Å². The molecule has 0 aliphatic rings. The number of hydrogen-bond acceptors (Lipinski definition) is 2. The molecule has 2 heteroatoms. The third-order valence-electron chi connectivity index (χ3n) is 4.10. The predicted octanol–water partition coefficient (Wildman–Crippen LogP) is 4.44. The fourth-order valence-corrected chi connectivity index (χ4v) is 2.89. The van der Waals surface area contributed by atoms with Crippen molar-refractivity contribution in [1.29, 1.82) is 0 Å². The van der Waals surface area contributed by atoms with E-state index in [-0.39, 0.29) is 0 Å². The molecule has 0 fully saturated rings. The molecule has 1 aromatic carbocycles. The van der Waals surface area contributed by atoms with Gasteiger partial charge in [0.15, 0.2) is 0 Å². The van der Waals surface area contributed by atoms with E-state index in [1.54, 1.807) is 6.08 Å². The summed E-state index contributed by atoms with van der Waals surface area (Å²) in [5.41, 5.74) is -0.873. The summed E-state index contributed by atoms with van der Waals surface area (Å²) in [7, 11) is 0. The lowest BCUT2D eigenvalue weighted by atomic mass is 9.73. The van der Waals surface area contributed by atoms with E-state index in [4.69, 9.17) is 4.74 Å². The van der Waals surface area contributed by atoms with Gasteiger partial charge in [0.05, 0.1) is 0 Å². The van der Waals surface area contributed by atoms with Gasteiger partial charge in [-0.15, -0.1) is 6.58 Å². The average molecular weight is 276 g/mol. The molecule has 0 amide bonds. The Morgan fingerprint density at radius 3 is 2.30 bits per heavy atom. The van der Waals surface area contributed by atoms with Crippen LogP contribution in [-0.4, -0.2) is 17.3 Å². The van der Waals surface area contributed by atoms with Crippen molar-refractivity contribution in [2.75, 3.05) is 6.61 Å². The van der Waals surface area contributed by atoms with Gasteiger partial charge in [0, 0.05) is 6.61 Å². The van der Waals surface area contributed by atoms with E-state index in [0.29, 0.717) is 13.0 Å². The number of aliphatic hydroxyl groups is 1. The minimum atomic E-state index is -1.04. The largest absolute Gasteiger partial charge is 0.382 e. The fraction of sp³-hybridized carbons (Fsp3) is 0.556. The van der Waals surface area contributed by atoms with Crippen molar-refractivity contribution in [3.8, 4) is 0 Å². The van der Waals surface area contributed by atoms with Gasteiger partial charge in [0.1, 0.15) is 11.2 Å². The van der Waals surface area contributed by atoms with Crippen LogP contribution in [-0.2, 0) is 10.3 Å². The van der Waals surface area contributed by atoms with Gasteiger partial charge >= 0.3 is 0 Å². The number of unbranched alkanes of at least 4 members (excludes halogenated alkanes) is 1. The van der Waals surface area contributed by atoms with Gasteiger partial charge in [-0.1, -0.05) is 63.1 Å². The summed E-state index contributed by atoms with van der Waals surface area (Å²) in [5, 5.41) is 11.4. The van der Waals surface area contributed by atoms with Gasteiger partial charge < -0.3 is 9.84 Å². The first-order valence-electron chi connectivity index (χ1n) is 7.65. The second kappa shape index (κ2) is 7.61. The van der Waals surface area contributed by atoms with E-state index >= 15 is 0 Å². The second-order valence-corrected chi connectivity index (χ2v) is 5.21. The molecule has 0 aliphatic carbocycles. The molecule has 0 aliphatic heterocycles. The lowest BCUT2D eigenvalue weighted by Gasteiger charge is -2.45. The zero-order valence-corrected chi connectivity index (χ0v) is 13.1. The topological polar surface area (TPSA) is 29.5 Å². The van der Waals surface area contributed by atoms with Crippen molar-refractivity contribution in [1.82, 2.24) is 0 Å². The normalized spacial score (nSPS) is 17.2. The third kappa shape index (κ3) is 3.13. The second-order valence-electron chi connectivity index (χ2n) is 5.21. The number of hydrogen-bond donors (Lipinski definition) is 1. The predicted molar refractivity (Wildman–Crippen MR) is 84.7 cm³/mol. The molecule has 0 spiro atoms. The summed E-state index contributed by atoms with van der Waals surface area (Å²) in [6, 6.07) is 9.80. The summed E-state index contributed by atoms with van der Waals surface area (Å²) in [4.78, 5) is 0. The molecule has 0 radical (unpaired) electrons. The van der Waals surface area contributed by atoms with Crippen molar-refractivity contribution < 1.29 is 9.84 Å². The molecular formula is C18H28O2. The first-order valence-corrected chi connectivity index (χ1v) is 7.65. The van der Waals surface area contributed by atoms with Gasteiger partial charge in [-0.3, -0.25) is 0 Å². The van der Waals surface area contributed by atoms with Crippen molar-refractivity contribution in [2.45, 2.75) is 57.7 Å². The molecular weight excluding hydrogens is 248 g/mol. The smallest absolute Gasteiger partial charge is 0.122 e. The van der Waals surface area contributed by atoms with E-state index in [1.807, 2.05) is 44.2 Å². The minimum absolute atomic E-state index is 0.560. The molecule has 0 saturated carbocycles. The van der Waals surface area contributed by atoms with Crippen LogP contribution in [0.25, 0.3) is 0 Å². The summed E-state index contributed by atoms with van der Waals surface area (Å²) in [5.74, 6) is 0. The molecule has 0 unspecified atom stereocenters. The van der Waals surface area contributed by atoms with Crippen molar-refractivity contribution in [2.24, 2.45) is 0 Å². The van der Waals surface area contributed by atoms with E-state index in [2.05, 4.69) is 13.5 Å². The Morgan fingerprint density at radius 1 is 1.20 bits per heavy atom. The average Bonchev–Trinajstić information content (AvgIpc) is 2.51. The quantitative estimate of drug-likeness (QED) is 0.676. The highest BCUT2D eigenvalue weighted by Gasteiger charge is 2.48. The zero-order valence-electron chi connectivity index (χ0n) is 13.1. The molecule has 0 heterocycles. The summed E-state index contributed by atoms with van der Waals surface area (Å²) < 4.78 is 6.02. The highest BCUT2D eigenvalue weighted by atomic mass is 16.5. The highest BCUT2D eigenvalue weighted by molar-refractivity contribution is 5.29. The van der Waals surface area contributed by atoms with Gasteiger partial charge in [-0.25, -0.2) is 0 Å². The maximum Gasteiger partial charge on any atom is 0.122 e. The van der Waals surface area contributed by atoms with E-state index in [0.717, 1.165) is 24.8 Å². The maximum absolute atomic E-state index is 11.4. The first kappa shape index (κ1) is 16.9. The molecule has 0 bridgehead atoms. The van der Waals surface area contributed by atoms with Crippen molar-refractivity contribution in [3.63, 3.8) is 0 Å². The molecule has 1 rings (SSSR count). The Hall–Kier alpha value is -1.12. The summed E-state index contributed by atoms with van der Waals surface area (Å²) in [6.07, 6.45) is 5.23. The Labute approximate surface area is 123 Å². The lowest BCUT2D eigenvalue weighted by Crippen LogP contribution is -2.52. The molecule has 2 atom stereocenters. The number of rotatable bonds is 9. The molecule has 1 N–H and O–H groups in total. The molecule has 0 saturated heterocycles. The zero-order chi connectivity index (χ0) is 15.1. The Morgan fingerprint density at radius 2 is 1.85 bits per heavy atom. The summed E-state index contributed by atoms with van der Waals surface area (Å²) >= 11 is 0. The van der Waals surface area contributed by atoms with E-state index in [9.17, 15) is 5.11 Å². The van der Waals surface area contributed by atoms with Crippen molar-refractivity contribution >= 4 is 0 Å². The van der Waals surface area contributed by atoms with Crippen LogP contribution in [0, 0.1) is 0 Å². The fourth-order valence-electron chi connectivity index (χ4n) is 2.89. The summed E-state index contributed by atoms with van der Waals surface area (Å²) in [6.45, 7) is 10.6. The first-order chi connectivity index (χ1) is 9.60. The Bertz CT molecular complexity index is 401. The van der Waals surface area contributed by atoms with Crippen LogP contribution in [0.2, 0.25) is 0 Å². The minimum Gasteiger partial charge on any atom is -0.382 e. The molecule has 112 valence electrons. The Balaban J connectivity index is 3.28. The third-order valence-corrected chi connectivity index (χ3v) is 4.10. The van der Waals surface area contributed by atoms with E-state index in [1.165, 1.54) is 0 Å². The van der Waals surface area contributed by atoms with Crippen LogP contribution < -0.4 is 0 Å². The standard InChI is InChI=1S/C18H28O2/c1-5-9-15-17(6-2,20-8-4)18(19,7-3)16-13-11-10-12-14-16/h6,10-14,19H,2,5,7-9,15H2,1,3-4H3/t17-,18-/m1/s1. The van der Waals surface area contributed by atoms with Gasteiger partial charge in [-0.2, -0.15) is 0 Å². The molecule has 1 aromatic rings.